The molecule has 114 valence electrons. The normalized spacial score (nSPS) is 12.1. The van der Waals surface area contributed by atoms with Gasteiger partial charge in [-0.05, 0) is 38.1 Å². The van der Waals surface area contributed by atoms with Crippen molar-refractivity contribution < 1.29 is 9.47 Å². The third-order valence-electron chi connectivity index (χ3n) is 3.19. The molecule has 1 atom stereocenters. The molecule has 2 aromatic rings. The number of nitrogens with two attached hydrogens (primary N) is 1. The number of rotatable bonds is 8. The minimum Gasteiger partial charge on any atom is -0.490 e. The fourth-order valence-corrected chi connectivity index (χ4v) is 2.28. The van der Waals surface area contributed by atoms with Crippen LogP contribution >= 0.6 is 0 Å². The molecule has 2 rings (SSSR count). The molecule has 1 aromatic heterocycles. The Morgan fingerprint density at radius 3 is 2.48 bits per heavy atom. The van der Waals surface area contributed by atoms with E-state index in [0.29, 0.717) is 13.2 Å². The predicted octanol–water partition coefficient (Wildman–Crippen LogP) is 2.86. The Labute approximate surface area is 126 Å². The van der Waals surface area contributed by atoms with Crippen LogP contribution < -0.4 is 15.2 Å². The summed E-state index contributed by atoms with van der Waals surface area (Å²) in [6.45, 7) is 6.03. The quantitative estimate of drug-likeness (QED) is 0.812. The van der Waals surface area contributed by atoms with E-state index in [-0.39, 0.29) is 6.04 Å². The highest BCUT2D eigenvalue weighted by atomic mass is 16.5. The van der Waals surface area contributed by atoms with E-state index in [1.54, 1.807) is 0 Å². The van der Waals surface area contributed by atoms with Crippen LogP contribution in [-0.4, -0.2) is 23.8 Å². The largest absolute Gasteiger partial charge is 0.490 e. The Balaban J connectivity index is 1.91. The van der Waals surface area contributed by atoms with E-state index in [1.165, 1.54) is 5.69 Å². The number of para-hydroxylation sites is 2. The van der Waals surface area contributed by atoms with Gasteiger partial charge in [-0.15, -0.1) is 0 Å². The fraction of sp³-hybridized carbons (Fsp3) is 0.412. The van der Waals surface area contributed by atoms with Crippen LogP contribution in [0, 0.1) is 0 Å². The molecule has 4 nitrogen and oxygen atoms in total. The van der Waals surface area contributed by atoms with Crippen molar-refractivity contribution in [2.45, 2.75) is 32.9 Å². The van der Waals surface area contributed by atoms with Crippen molar-refractivity contribution in [3.63, 3.8) is 0 Å². The number of hydrogen-bond acceptors (Lipinski definition) is 3. The average Bonchev–Trinajstić information content (AvgIpc) is 2.88. The second-order valence-electron chi connectivity index (χ2n) is 5.10. The van der Waals surface area contributed by atoms with E-state index in [9.17, 15) is 0 Å². The third kappa shape index (κ3) is 4.53. The van der Waals surface area contributed by atoms with Gasteiger partial charge in [0.05, 0.1) is 13.2 Å². The molecule has 1 aromatic carbocycles. The van der Waals surface area contributed by atoms with Crippen LogP contribution in [0.5, 0.6) is 11.5 Å². The molecular formula is C17H24N2O2. The first-order chi connectivity index (χ1) is 10.2. The van der Waals surface area contributed by atoms with Crippen molar-refractivity contribution in [3.8, 4) is 11.5 Å². The first kappa shape index (κ1) is 15.4. The topological polar surface area (TPSA) is 49.4 Å². The summed E-state index contributed by atoms with van der Waals surface area (Å²) in [5.74, 6) is 1.59. The lowest BCUT2D eigenvalue weighted by Crippen LogP contribution is -2.20. The number of ether oxygens (including phenoxy) is 2. The summed E-state index contributed by atoms with van der Waals surface area (Å²) in [6.07, 6.45) is 2.94. The van der Waals surface area contributed by atoms with Crippen LogP contribution in [0.4, 0.5) is 0 Å². The van der Waals surface area contributed by atoms with Crippen LogP contribution in [0.25, 0.3) is 0 Å². The molecule has 0 aliphatic carbocycles. The van der Waals surface area contributed by atoms with Crippen molar-refractivity contribution in [1.29, 1.82) is 0 Å². The maximum atomic E-state index is 5.86. The molecule has 1 heterocycles. The molecule has 0 bridgehead atoms. The van der Waals surface area contributed by atoms with Gasteiger partial charge in [-0.1, -0.05) is 12.1 Å². The zero-order valence-electron chi connectivity index (χ0n) is 12.8. The maximum Gasteiger partial charge on any atom is 0.161 e. The van der Waals surface area contributed by atoms with Gasteiger partial charge in [-0.25, -0.2) is 0 Å². The lowest BCUT2D eigenvalue weighted by atomic mass is 10.2. The molecule has 0 spiro atoms. The van der Waals surface area contributed by atoms with Gasteiger partial charge in [0.25, 0.3) is 0 Å². The molecule has 21 heavy (non-hydrogen) atoms. The molecule has 0 amide bonds. The third-order valence-corrected chi connectivity index (χ3v) is 3.19. The molecule has 2 N–H and O–H groups in total. The summed E-state index contributed by atoms with van der Waals surface area (Å²) in [7, 11) is 0. The van der Waals surface area contributed by atoms with Gasteiger partial charge in [0.15, 0.2) is 11.5 Å². The van der Waals surface area contributed by atoms with Gasteiger partial charge in [-0.3, -0.25) is 0 Å². The van der Waals surface area contributed by atoms with E-state index >= 15 is 0 Å². The first-order valence-corrected chi connectivity index (χ1v) is 7.45. The molecule has 0 saturated heterocycles. The fourth-order valence-electron chi connectivity index (χ4n) is 2.28. The highest BCUT2D eigenvalue weighted by Crippen LogP contribution is 2.26. The van der Waals surface area contributed by atoms with Crippen molar-refractivity contribution in [2.75, 3.05) is 13.2 Å². The van der Waals surface area contributed by atoms with Gasteiger partial charge >= 0.3 is 0 Å². The van der Waals surface area contributed by atoms with E-state index in [0.717, 1.165) is 24.5 Å². The summed E-state index contributed by atoms with van der Waals surface area (Å²) in [4.78, 5) is 0. The second kappa shape index (κ2) is 7.74. The maximum absolute atomic E-state index is 5.86. The number of nitrogens with zero attached hydrogens (tertiary/aromatic N) is 1. The van der Waals surface area contributed by atoms with Crippen LogP contribution in [-0.2, 0) is 13.0 Å². The first-order valence-electron chi connectivity index (χ1n) is 7.45. The lowest BCUT2D eigenvalue weighted by Gasteiger charge is -2.14. The van der Waals surface area contributed by atoms with Crippen molar-refractivity contribution in [2.24, 2.45) is 5.73 Å². The predicted molar refractivity (Wildman–Crippen MR) is 84.9 cm³/mol. The summed E-state index contributed by atoms with van der Waals surface area (Å²) >= 11 is 0. The highest BCUT2D eigenvalue weighted by molar-refractivity contribution is 5.39. The Morgan fingerprint density at radius 1 is 1.10 bits per heavy atom. The summed E-state index contributed by atoms with van der Waals surface area (Å²) in [5.41, 5.74) is 7.11. The van der Waals surface area contributed by atoms with Crippen molar-refractivity contribution in [1.82, 2.24) is 4.57 Å². The molecule has 0 radical (unpaired) electrons. The summed E-state index contributed by atoms with van der Waals surface area (Å²) in [5, 5.41) is 0. The minimum atomic E-state index is 0.165. The summed E-state index contributed by atoms with van der Waals surface area (Å²) < 4.78 is 13.6. The molecule has 1 unspecified atom stereocenters. The van der Waals surface area contributed by atoms with Crippen LogP contribution in [0.2, 0.25) is 0 Å². The zero-order valence-corrected chi connectivity index (χ0v) is 12.8. The highest BCUT2D eigenvalue weighted by Gasteiger charge is 2.06. The van der Waals surface area contributed by atoms with Crippen molar-refractivity contribution in [3.05, 3.63) is 48.3 Å². The molecule has 4 heteroatoms. The lowest BCUT2D eigenvalue weighted by molar-refractivity contribution is 0.265. The number of hydrogen-bond donors (Lipinski definition) is 1. The SMILES string of the molecule is CCOc1ccccc1OCCn1cccc1CC(C)N. The van der Waals surface area contributed by atoms with Crippen LogP contribution in [0.1, 0.15) is 19.5 Å². The van der Waals surface area contributed by atoms with Gasteiger partial charge in [0.1, 0.15) is 6.61 Å². The monoisotopic (exact) mass is 288 g/mol. The van der Waals surface area contributed by atoms with Crippen molar-refractivity contribution >= 4 is 0 Å². The van der Waals surface area contributed by atoms with Crippen LogP contribution in [0.15, 0.2) is 42.6 Å². The average molecular weight is 288 g/mol. The summed E-state index contributed by atoms with van der Waals surface area (Å²) in [6, 6.07) is 12.1. The number of benzene rings is 1. The molecule has 0 saturated carbocycles. The zero-order chi connectivity index (χ0) is 15.1. The van der Waals surface area contributed by atoms with E-state index in [1.807, 2.05) is 44.2 Å². The Kier molecular flexibility index (Phi) is 5.69. The van der Waals surface area contributed by atoms with E-state index in [2.05, 4.69) is 16.8 Å². The molecule has 0 aliphatic heterocycles. The second-order valence-corrected chi connectivity index (χ2v) is 5.10. The Morgan fingerprint density at radius 2 is 1.81 bits per heavy atom. The molecule has 0 aliphatic rings. The standard InChI is InChI=1S/C17H24N2O2/c1-3-20-16-8-4-5-9-17(16)21-12-11-19-10-6-7-15(19)13-14(2)18/h4-10,14H,3,11-13,18H2,1-2H3. The number of aromatic nitrogens is 1. The van der Waals surface area contributed by atoms with Gasteiger partial charge in [0, 0.05) is 24.4 Å². The van der Waals surface area contributed by atoms with Gasteiger partial charge in [-0.2, -0.15) is 0 Å². The van der Waals surface area contributed by atoms with Gasteiger partial charge < -0.3 is 19.8 Å². The van der Waals surface area contributed by atoms with Gasteiger partial charge in [0.2, 0.25) is 0 Å². The molecular weight excluding hydrogens is 264 g/mol. The van der Waals surface area contributed by atoms with E-state index < -0.39 is 0 Å². The van der Waals surface area contributed by atoms with Crippen LogP contribution in [0.3, 0.4) is 0 Å². The Bertz CT molecular complexity index is 549. The molecule has 0 fully saturated rings. The van der Waals surface area contributed by atoms with E-state index in [4.69, 9.17) is 15.2 Å². The minimum absolute atomic E-state index is 0.165. The Hall–Kier alpha value is -1.94. The smallest absolute Gasteiger partial charge is 0.161 e.